The van der Waals surface area contributed by atoms with Crippen LogP contribution in [0.2, 0.25) is 0 Å². The minimum absolute atomic E-state index is 0.110. The van der Waals surface area contributed by atoms with Crippen molar-refractivity contribution in [1.29, 1.82) is 0 Å². The van der Waals surface area contributed by atoms with Crippen molar-refractivity contribution < 1.29 is 4.92 Å². The fourth-order valence-corrected chi connectivity index (χ4v) is 4.23. The third kappa shape index (κ3) is 2.38. The second kappa shape index (κ2) is 6.20. The molecule has 0 bridgehead atoms. The molecular weight excluding hydrogens is 348 g/mol. The third-order valence-electron chi connectivity index (χ3n) is 5.55. The first-order valence-electron chi connectivity index (χ1n) is 9.30. The standard InChI is InChI=1S/C24H18N2O2/c1-16-20-9-5-6-10-22(20)25-23(18-7-3-2-4-8-18)15-21(24(16)25)17-11-13-19(14-12-17)26(27)28/h2-16H,1H3. The zero-order chi connectivity index (χ0) is 19.3. The quantitative estimate of drug-likeness (QED) is 0.321. The first-order chi connectivity index (χ1) is 13.6. The van der Waals surface area contributed by atoms with Gasteiger partial charge in [0.25, 0.3) is 5.69 Å². The van der Waals surface area contributed by atoms with Gasteiger partial charge in [-0.1, -0.05) is 55.5 Å². The van der Waals surface area contributed by atoms with E-state index in [1.54, 1.807) is 12.1 Å². The number of benzene rings is 3. The van der Waals surface area contributed by atoms with E-state index >= 15 is 0 Å². The molecule has 4 aromatic rings. The van der Waals surface area contributed by atoms with E-state index in [-0.39, 0.29) is 16.5 Å². The van der Waals surface area contributed by atoms with Crippen LogP contribution >= 0.6 is 0 Å². The molecule has 1 atom stereocenters. The second-order valence-corrected chi connectivity index (χ2v) is 7.11. The Kier molecular flexibility index (Phi) is 3.66. The fraction of sp³-hybridized carbons (Fsp3) is 0.0833. The van der Waals surface area contributed by atoms with E-state index in [0.717, 1.165) is 22.4 Å². The summed E-state index contributed by atoms with van der Waals surface area (Å²) >= 11 is 0. The number of para-hydroxylation sites is 1. The maximum Gasteiger partial charge on any atom is 0.269 e. The van der Waals surface area contributed by atoms with Crippen molar-refractivity contribution in [2.75, 3.05) is 0 Å². The molecule has 0 aliphatic carbocycles. The molecule has 0 saturated heterocycles. The Labute approximate surface area is 162 Å². The van der Waals surface area contributed by atoms with E-state index in [0.29, 0.717) is 0 Å². The van der Waals surface area contributed by atoms with Gasteiger partial charge in [-0.15, -0.1) is 0 Å². The van der Waals surface area contributed by atoms with Crippen LogP contribution in [-0.2, 0) is 0 Å². The number of non-ortho nitro benzene ring substituents is 1. The molecular formula is C24H18N2O2. The smallest absolute Gasteiger partial charge is 0.269 e. The fourth-order valence-electron chi connectivity index (χ4n) is 4.23. The number of nitro groups is 1. The molecule has 0 radical (unpaired) electrons. The number of nitro benzene ring substituents is 1. The maximum atomic E-state index is 11.0. The Hall–Kier alpha value is -3.66. The van der Waals surface area contributed by atoms with Gasteiger partial charge in [0.05, 0.1) is 10.6 Å². The predicted molar refractivity (Wildman–Crippen MR) is 111 cm³/mol. The molecule has 4 nitrogen and oxygen atoms in total. The molecule has 1 aromatic heterocycles. The van der Waals surface area contributed by atoms with Crippen molar-refractivity contribution in [2.24, 2.45) is 0 Å². The Morgan fingerprint density at radius 3 is 2.25 bits per heavy atom. The molecule has 28 heavy (non-hydrogen) atoms. The zero-order valence-electron chi connectivity index (χ0n) is 15.4. The molecule has 5 rings (SSSR count). The number of hydrogen-bond acceptors (Lipinski definition) is 2. The van der Waals surface area contributed by atoms with E-state index in [2.05, 4.69) is 54.0 Å². The number of fused-ring (bicyclic) bond motifs is 3. The van der Waals surface area contributed by atoms with Gasteiger partial charge in [-0.2, -0.15) is 0 Å². The van der Waals surface area contributed by atoms with Gasteiger partial charge in [-0.05, 0) is 41.0 Å². The summed E-state index contributed by atoms with van der Waals surface area (Å²) in [6.07, 6.45) is 0. The van der Waals surface area contributed by atoms with Crippen molar-refractivity contribution in [2.45, 2.75) is 12.8 Å². The normalized spacial score (nSPS) is 14.5. The van der Waals surface area contributed by atoms with Crippen LogP contribution in [0.25, 0.3) is 28.1 Å². The minimum atomic E-state index is -0.359. The number of rotatable bonds is 3. The molecule has 1 unspecified atom stereocenters. The van der Waals surface area contributed by atoms with Crippen molar-refractivity contribution in [1.82, 2.24) is 4.57 Å². The topological polar surface area (TPSA) is 48.1 Å². The van der Waals surface area contributed by atoms with Gasteiger partial charge in [0.15, 0.2) is 0 Å². The summed E-state index contributed by atoms with van der Waals surface area (Å²) in [4.78, 5) is 10.7. The van der Waals surface area contributed by atoms with Crippen LogP contribution in [0.1, 0.15) is 24.1 Å². The van der Waals surface area contributed by atoms with E-state index in [1.165, 1.54) is 16.9 Å². The van der Waals surface area contributed by atoms with Gasteiger partial charge in [0.2, 0.25) is 0 Å². The lowest BCUT2D eigenvalue weighted by Gasteiger charge is -2.08. The molecule has 4 heteroatoms. The van der Waals surface area contributed by atoms with Crippen LogP contribution in [0, 0.1) is 10.1 Å². The SMILES string of the molecule is CC1c2ccccc2-n2c(-c3ccccc3)cc(-c3ccc([N+](=O)[O-])cc3)c21. The average molecular weight is 366 g/mol. The highest BCUT2D eigenvalue weighted by Gasteiger charge is 2.31. The summed E-state index contributed by atoms with van der Waals surface area (Å²) in [5.74, 6) is 0.249. The van der Waals surface area contributed by atoms with Crippen molar-refractivity contribution in [3.8, 4) is 28.1 Å². The molecule has 0 saturated carbocycles. The monoisotopic (exact) mass is 366 g/mol. The van der Waals surface area contributed by atoms with E-state index in [9.17, 15) is 10.1 Å². The summed E-state index contributed by atoms with van der Waals surface area (Å²) in [6.45, 7) is 2.22. The van der Waals surface area contributed by atoms with Crippen LogP contribution in [0.15, 0.2) is 84.9 Å². The molecule has 3 aromatic carbocycles. The van der Waals surface area contributed by atoms with E-state index < -0.39 is 0 Å². The Morgan fingerprint density at radius 2 is 1.54 bits per heavy atom. The zero-order valence-corrected chi connectivity index (χ0v) is 15.4. The lowest BCUT2D eigenvalue weighted by molar-refractivity contribution is -0.384. The Bertz CT molecular complexity index is 1190. The van der Waals surface area contributed by atoms with E-state index in [1.807, 2.05) is 30.3 Å². The third-order valence-corrected chi connectivity index (χ3v) is 5.55. The first-order valence-corrected chi connectivity index (χ1v) is 9.30. The average Bonchev–Trinajstić information content (AvgIpc) is 3.26. The van der Waals surface area contributed by atoms with Crippen molar-refractivity contribution in [3.05, 3.63) is 106 Å². The van der Waals surface area contributed by atoms with E-state index in [4.69, 9.17) is 0 Å². The molecule has 1 aliphatic rings. The number of hydrogen-bond donors (Lipinski definition) is 0. The van der Waals surface area contributed by atoms with Gasteiger partial charge in [-0.25, -0.2) is 0 Å². The van der Waals surface area contributed by atoms with Gasteiger partial charge in [-0.3, -0.25) is 10.1 Å². The molecule has 0 spiro atoms. The summed E-state index contributed by atoms with van der Waals surface area (Å²) in [5.41, 5.74) is 8.26. The van der Waals surface area contributed by atoms with Crippen LogP contribution in [-0.4, -0.2) is 9.49 Å². The van der Waals surface area contributed by atoms with Gasteiger partial charge < -0.3 is 4.57 Å². The van der Waals surface area contributed by atoms with Gasteiger partial charge in [0.1, 0.15) is 0 Å². The van der Waals surface area contributed by atoms with Gasteiger partial charge >= 0.3 is 0 Å². The molecule has 0 fully saturated rings. The van der Waals surface area contributed by atoms with Crippen LogP contribution in [0.4, 0.5) is 5.69 Å². The molecule has 136 valence electrons. The lowest BCUT2D eigenvalue weighted by atomic mass is 9.94. The predicted octanol–water partition coefficient (Wildman–Crippen LogP) is 6.18. The summed E-state index contributed by atoms with van der Waals surface area (Å²) in [7, 11) is 0. The van der Waals surface area contributed by atoms with Crippen LogP contribution in [0.5, 0.6) is 0 Å². The van der Waals surface area contributed by atoms with Gasteiger partial charge in [0, 0.05) is 35.0 Å². The maximum absolute atomic E-state index is 11.0. The summed E-state index contributed by atoms with van der Waals surface area (Å²) < 4.78 is 2.34. The van der Waals surface area contributed by atoms with Crippen molar-refractivity contribution >= 4 is 5.69 Å². The number of nitrogens with zero attached hydrogens (tertiary/aromatic N) is 2. The summed E-state index contributed by atoms with van der Waals surface area (Å²) in [5, 5.41) is 11.0. The minimum Gasteiger partial charge on any atom is -0.312 e. The second-order valence-electron chi connectivity index (χ2n) is 7.11. The first kappa shape index (κ1) is 16.5. The van der Waals surface area contributed by atoms with Crippen molar-refractivity contribution in [3.63, 3.8) is 0 Å². The molecule has 1 aliphatic heterocycles. The largest absolute Gasteiger partial charge is 0.312 e. The van der Waals surface area contributed by atoms with Crippen LogP contribution < -0.4 is 0 Å². The Morgan fingerprint density at radius 1 is 0.857 bits per heavy atom. The summed E-state index contributed by atoms with van der Waals surface area (Å²) in [6, 6.07) is 27.9. The highest BCUT2D eigenvalue weighted by atomic mass is 16.6. The molecule has 2 heterocycles. The number of aromatic nitrogens is 1. The van der Waals surface area contributed by atoms with Crippen LogP contribution in [0.3, 0.4) is 0 Å². The lowest BCUT2D eigenvalue weighted by Crippen LogP contribution is -1.96. The molecule has 0 amide bonds. The highest BCUT2D eigenvalue weighted by Crippen LogP contribution is 2.47. The Balaban J connectivity index is 1.77. The highest BCUT2D eigenvalue weighted by molar-refractivity contribution is 5.81. The molecule has 0 N–H and O–H groups in total.